The van der Waals surface area contributed by atoms with Crippen molar-refractivity contribution in [2.75, 3.05) is 25.5 Å². The van der Waals surface area contributed by atoms with E-state index in [1.54, 1.807) is 18.0 Å². The minimum atomic E-state index is -1.67. The topological polar surface area (TPSA) is 143 Å². The Morgan fingerprint density at radius 3 is 2.34 bits per heavy atom. The van der Waals surface area contributed by atoms with Crippen molar-refractivity contribution in [1.82, 2.24) is 4.90 Å². The molecule has 0 fully saturated rings. The van der Waals surface area contributed by atoms with Gasteiger partial charge in [-0.05, 0) is 56.3 Å². The van der Waals surface area contributed by atoms with Crippen LogP contribution in [0.1, 0.15) is 30.5 Å². The third kappa shape index (κ3) is 5.65. The normalized spacial score (nSPS) is 21.4. The number of carbonyl (C=O) groups is 1. The Hall–Kier alpha value is -3.12. The summed E-state index contributed by atoms with van der Waals surface area (Å²) >= 11 is 0. The van der Waals surface area contributed by atoms with E-state index < -0.39 is 42.4 Å². The van der Waals surface area contributed by atoms with Crippen LogP contribution in [0.3, 0.4) is 0 Å². The molecule has 204 valence electrons. The first-order valence-electron chi connectivity index (χ1n) is 12.3. The van der Waals surface area contributed by atoms with Gasteiger partial charge in [0.25, 0.3) is 5.91 Å². The quantitative estimate of drug-likeness (QED) is 0.267. The first-order valence-corrected chi connectivity index (χ1v) is 12.3. The van der Waals surface area contributed by atoms with Crippen molar-refractivity contribution in [3.63, 3.8) is 0 Å². The second kappa shape index (κ2) is 10.9. The van der Waals surface area contributed by atoms with Crippen LogP contribution in [-0.2, 0) is 16.1 Å². The zero-order valence-electron chi connectivity index (χ0n) is 21.4. The second-order valence-electron chi connectivity index (χ2n) is 10.2. The highest BCUT2D eigenvalue weighted by Gasteiger charge is 2.38. The smallest absolute Gasteiger partial charge is 0.260 e. The van der Waals surface area contributed by atoms with E-state index in [0.717, 1.165) is 16.7 Å². The fourth-order valence-electron chi connectivity index (χ4n) is 4.76. The number of carbonyl (C=O) groups excluding carboxylic acids is 1. The van der Waals surface area contributed by atoms with Crippen molar-refractivity contribution in [3.05, 3.63) is 76.8 Å². The van der Waals surface area contributed by atoms with Crippen LogP contribution < -0.4 is 5.32 Å². The number of anilines is 1. The lowest BCUT2D eigenvalue weighted by atomic mass is 9.91. The molecule has 0 aromatic heterocycles. The molecule has 0 saturated carbocycles. The van der Waals surface area contributed by atoms with E-state index >= 15 is 0 Å². The summed E-state index contributed by atoms with van der Waals surface area (Å²) in [6.45, 7) is 3.50. The summed E-state index contributed by atoms with van der Waals surface area (Å²) in [5, 5.41) is 51.2. The molecule has 1 amide bonds. The molecule has 38 heavy (non-hydrogen) atoms. The number of amides is 1. The lowest BCUT2D eigenvalue weighted by molar-refractivity contribution is -0.118. The predicted molar refractivity (Wildman–Crippen MR) is 139 cm³/mol. The highest BCUT2D eigenvalue weighted by atomic mass is 19.1. The zero-order valence-corrected chi connectivity index (χ0v) is 21.4. The molecule has 0 aliphatic carbocycles. The van der Waals surface area contributed by atoms with Gasteiger partial charge in [0.1, 0.15) is 35.5 Å². The molecule has 9 nitrogen and oxygen atoms in total. The minimum absolute atomic E-state index is 0.0191. The Morgan fingerprint density at radius 1 is 1.03 bits per heavy atom. The maximum absolute atomic E-state index is 13.9. The average Bonchev–Trinajstić information content (AvgIpc) is 3.36. The predicted octanol–water partition coefficient (Wildman–Crippen LogP) is 1.25. The standard InChI is InChI=1S/C28H33FN2O7/c1-28(2)19(11-23(38-28)24-18-10-17(29)8-9-20(18)30-27(24)37)16-6-4-15(5-7-16)12-31(3)13-21(33)25(35)26(36)22(34)14-32/h4-11,21-22,25-26,32-36H,12-14H2,1-3H3,(H,30,37)/t21-,22+,25+,26-/m0/s1. The average molecular weight is 529 g/mol. The molecule has 2 heterocycles. The third-order valence-corrected chi connectivity index (χ3v) is 6.80. The first kappa shape index (κ1) is 27.9. The zero-order chi connectivity index (χ0) is 27.8. The van der Waals surface area contributed by atoms with Gasteiger partial charge in [0.2, 0.25) is 0 Å². The lowest BCUT2D eigenvalue weighted by Crippen LogP contribution is -2.49. The molecular formula is C28H33FN2O7. The van der Waals surface area contributed by atoms with Gasteiger partial charge in [0.05, 0.1) is 18.3 Å². The van der Waals surface area contributed by atoms with Crippen LogP contribution in [0.2, 0.25) is 0 Å². The summed E-state index contributed by atoms with van der Waals surface area (Å²) in [7, 11) is 1.74. The SMILES string of the molecule is CN(Cc1ccc(C2=CC(=C3C(=O)Nc4ccc(F)cc43)OC2(C)C)cc1)C[C@H](O)[C@@H](O)[C@@H](O)[C@H](O)CO. The van der Waals surface area contributed by atoms with E-state index in [9.17, 15) is 29.6 Å². The summed E-state index contributed by atoms with van der Waals surface area (Å²) in [5.74, 6) is -0.420. The number of hydrogen-bond acceptors (Lipinski definition) is 8. The van der Waals surface area contributed by atoms with Crippen LogP contribution in [0.5, 0.6) is 0 Å². The van der Waals surface area contributed by atoms with Crippen LogP contribution in [0.25, 0.3) is 11.1 Å². The summed E-state index contributed by atoms with van der Waals surface area (Å²) in [5.41, 5.74) is 3.20. The number of hydrogen-bond donors (Lipinski definition) is 6. The molecule has 0 saturated heterocycles. The fourth-order valence-corrected chi connectivity index (χ4v) is 4.76. The van der Waals surface area contributed by atoms with Gasteiger partial charge in [0, 0.05) is 29.9 Å². The fraction of sp³-hybridized carbons (Fsp3) is 0.393. The van der Waals surface area contributed by atoms with Crippen LogP contribution in [-0.4, -0.2) is 86.6 Å². The van der Waals surface area contributed by atoms with Crippen molar-refractivity contribution < 1.29 is 39.5 Å². The molecule has 0 bridgehead atoms. The summed E-state index contributed by atoms with van der Waals surface area (Å²) < 4.78 is 20.0. The number of halogens is 1. The van der Waals surface area contributed by atoms with Crippen molar-refractivity contribution in [2.24, 2.45) is 0 Å². The summed E-state index contributed by atoms with van der Waals surface area (Å²) in [6, 6.07) is 11.8. The largest absolute Gasteiger partial charge is 0.482 e. The van der Waals surface area contributed by atoms with Gasteiger partial charge in [0.15, 0.2) is 0 Å². The van der Waals surface area contributed by atoms with Gasteiger partial charge >= 0.3 is 0 Å². The van der Waals surface area contributed by atoms with Gasteiger partial charge in [-0.15, -0.1) is 0 Å². The van der Waals surface area contributed by atoms with Gasteiger partial charge < -0.3 is 35.6 Å². The Balaban J connectivity index is 1.49. The molecule has 2 aliphatic heterocycles. The Bertz CT molecular complexity index is 1260. The Labute approximate surface area is 220 Å². The minimum Gasteiger partial charge on any atom is -0.482 e. The molecule has 6 N–H and O–H groups in total. The molecular weight excluding hydrogens is 495 g/mol. The molecule has 4 rings (SSSR count). The van der Waals surface area contributed by atoms with E-state index in [1.165, 1.54) is 18.2 Å². The number of nitrogens with one attached hydrogen (secondary N) is 1. The monoisotopic (exact) mass is 528 g/mol. The van der Waals surface area contributed by atoms with Crippen molar-refractivity contribution >= 4 is 22.7 Å². The molecule has 0 radical (unpaired) electrons. The van der Waals surface area contributed by atoms with Gasteiger partial charge in [-0.1, -0.05) is 24.3 Å². The number of rotatable bonds is 9. The van der Waals surface area contributed by atoms with E-state index in [1.807, 2.05) is 38.1 Å². The van der Waals surface area contributed by atoms with Gasteiger partial charge in [-0.25, -0.2) is 4.39 Å². The summed E-state index contributed by atoms with van der Waals surface area (Å²) in [6.07, 6.45) is -4.37. The molecule has 2 aliphatic rings. The number of nitrogens with zero attached hydrogens (tertiary/aromatic N) is 1. The van der Waals surface area contributed by atoms with E-state index in [-0.39, 0.29) is 18.0 Å². The molecule has 4 atom stereocenters. The van der Waals surface area contributed by atoms with Gasteiger partial charge in [-0.2, -0.15) is 0 Å². The molecule has 2 aromatic rings. The van der Waals surface area contributed by atoms with E-state index in [0.29, 0.717) is 23.6 Å². The number of likely N-dealkylation sites (N-methyl/N-ethyl adjacent to an activating group) is 1. The molecule has 2 aromatic carbocycles. The van der Waals surface area contributed by atoms with Crippen LogP contribution in [0.15, 0.2) is 54.3 Å². The van der Waals surface area contributed by atoms with Crippen molar-refractivity contribution in [2.45, 2.75) is 50.4 Å². The number of ether oxygens (including phenoxy) is 1. The van der Waals surface area contributed by atoms with Crippen LogP contribution in [0.4, 0.5) is 10.1 Å². The second-order valence-corrected chi connectivity index (χ2v) is 10.2. The first-order chi connectivity index (χ1) is 17.9. The third-order valence-electron chi connectivity index (χ3n) is 6.80. The maximum Gasteiger partial charge on any atom is 0.260 e. The van der Waals surface area contributed by atoms with Crippen LogP contribution >= 0.6 is 0 Å². The van der Waals surface area contributed by atoms with E-state index in [4.69, 9.17) is 9.84 Å². The van der Waals surface area contributed by atoms with Crippen molar-refractivity contribution in [3.8, 4) is 0 Å². The number of aliphatic hydroxyl groups excluding tert-OH is 5. The number of fused-ring (bicyclic) bond motifs is 1. The summed E-state index contributed by atoms with van der Waals surface area (Å²) in [4.78, 5) is 14.4. The Kier molecular flexibility index (Phi) is 8.03. The highest BCUT2D eigenvalue weighted by Crippen LogP contribution is 2.44. The maximum atomic E-state index is 13.9. The number of allylic oxidation sites excluding steroid dienone is 1. The lowest BCUT2D eigenvalue weighted by Gasteiger charge is -2.28. The highest BCUT2D eigenvalue weighted by molar-refractivity contribution is 6.32. The van der Waals surface area contributed by atoms with Crippen LogP contribution in [0, 0.1) is 5.82 Å². The molecule has 10 heteroatoms. The van der Waals surface area contributed by atoms with Crippen molar-refractivity contribution in [1.29, 1.82) is 0 Å². The molecule has 0 spiro atoms. The van der Waals surface area contributed by atoms with E-state index in [2.05, 4.69) is 5.32 Å². The number of aliphatic hydroxyl groups is 5. The Morgan fingerprint density at radius 2 is 1.68 bits per heavy atom. The van der Waals surface area contributed by atoms with Gasteiger partial charge in [-0.3, -0.25) is 9.69 Å². The number of benzene rings is 2. The molecule has 0 unspecified atom stereocenters.